The minimum atomic E-state index is -0.110. The summed E-state index contributed by atoms with van der Waals surface area (Å²) in [6.07, 6.45) is 2.64. The van der Waals surface area contributed by atoms with Crippen LogP contribution in [-0.4, -0.2) is 55.5 Å². The zero-order chi connectivity index (χ0) is 18.1. The lowest BCUT2D eigenvalue weighted by molar-refractivity contribution is -0.116. The molecule has 0 saturated carbocycles. The Morgan fingerprint density at radius 3 is 2.76 bits per heavy atom. The van der Waals surface area contributed by atoms with Gasteiger partial charge >= 0.3 is 0 Å². The Morgan fingerprint density at radius 2 is 2.08 bits per heavy atom. The van der Waals surface area contributed by atoms with E-state index in [4.69, 9.17) is 0 Å². The fourth-order valence-electron chi connectivity index (χ4n) is 3.07. The molecule has 1 unspecified atom stereocenters. The molecule has 0 bridgehead atoms. The lowest BCUT2D eigenvalue weighted by atomic mass is 10.1. The van der Waals surface area contributed by atoms with E-state index in [9.17, 15) is 9.59 Å². The predicted octanol–water partition coefficient (Wildman–Crippen LogP) is 1.84. The van der Waals surface area contributed by atoms with Gasteiger partial charge in [0, 0.05) is 36.8 Å². The van der Waals surface area contributed by atoms with Crippen molar-refractivity contribution in [1.29, 1.82) is 0 Å². The molecule has 1 heterocycles. The van der Waals surface area contributed by atoms with Gasteiger partial charge in [0.15, 0.2) is 0 Å². The topological polar surface area (TPSA) is 73.5 Å². The first-order valence-corrected chi connectivity index (χ1v) is 9.26. The van der Waals surface area contributed by atoms with Gasteiger partial charge in [-0.15, -0.1) is 0 Å². The number of hydrogen-bond donors (Lipinski definition) is 3. The maximum atomic E-state index is 12.3. The van der Waals surface area contributed by atoms with Crippen LogP contribution < -0.4 is 16.0 Å². The summed E-state index contributed by atoms with van der Waals surface area (Å²) in [5.74, 6) is -0.126. The van der Waals surface area contributed by atoms with E-state index in [1.807, 2.05) is 6.07 Å². The molecule has 138 valence electrons. The lowest BCUT2D eigenvalue weighted by Gasteiger charge is -2.18. The predicted molar refractivity (Wildman–Crippen MR) is 101 cm³/mol. The summed E-state index contributed by atoms with van der Waals surface area (Å²) in [5, 5.41) is 9.14. The minimum absolute atomic E-state index is 0.0153. The van der Waals surface area contributed by atoms with Crippen molar-refractivity contribution in [2.75, 3.05) is 38.0 Å². The second-order valence-corrected chi connectivity index (χ2v) is 6.41. The summed E-state index contributed by atoms with van der Waals surface area (Å²) in [6.45, 7) is 8.61. The van der Waals surface area contributed by atoms with Crippen LogP contribution in [0.1, 0.15) is 43.5 Å². The van der Waals surface area contributed by atoms with Gasteiger partial charge in [0.2, 0.25) is 5.91 Å². The van der Waals surface area contributed by atoms with Crippen molar-refractivity contribution in [3.63, 3.8) is 0 Å². The molecule has 3 N–H and O–H groups in total. The number of amides is 2. The van der Waals surface area contributed by atoms with E-state index >= 15 is 0 Å². The van der Waals surface area contributed by atoms with Crippen LogP contribution in [0.3, 0.4) is 0 Å². The molecule has 25 heavy (non-hydrogen) atoms. The summed E-state index contributed by atoms with van der Waals surface area (Å²) < 4.78 is 0. The average Bonchev–Trinajstić information content (AvgIpc) is 3.11. The SMILES string of the molecule is CCN(CC)CCNC(=O)c1cccc(NC(=O)CC2CCCN2)c1. The minimum Gasteiger partial charge on any atom is -0.351 e. The molecule has 6 nitrogen and oxygen atoms in total. The molecule has 1 aliphatic rings. The molecule has 2 amide bonds. The normalized spacial score (nSPS) is 16.8. The van der Waals surface area contributed by atoms with Crippen molar-refractivity contribution in [3.8, 4) is 0 Å². The average molecular weight is 346 g/mol. The van der Waals surface area contributed by atoms with Crippen LogP contribution in [0.15, 0.2) is 24.3 Å². The molecule has 1 saturated heterocycles. The van der Waals surface area contributed by atoms with E-state index in [2.05, 4.69) is 34.7 Å². The summed E-state index contributed by atoms with van der Waals surface area (Å²) in [4.78, 5) is 26.6. The van der Waals surface area contributed by atoms with E-state index in [1.165, 1.54) is 0 Å². The third-order valence-electron chi connectivity index (χ3n) is 4.61. The smallest absolute Gasteiger partial charge is 0.251 e. The number of likely N-dealkylation sites (N-methyl/N-ethyl adjacent to an activating group) is 1. The molecule has 1 atom stereocenters. The van der Waals surface area contributed by atoms with Gasteiger partial charge < -0.3 is 20.9 Å². The van der Waals surface area contributed by atoms with Gasteiger partial charge in [-0.1, -0.05) is 19.9 Å². The molecular formula is C19H30N4O2. The second kappa shape index (κ2) is 10.2. The van der Waals surface area contributed by atoms with Gasteiger partial charge in [-0.3, -0.25) is 9.59 Å². The Balaban J connectivity index is 1.82. The van der Waals surface area contributed by atoms with Crippen LogP contribution in [0.5, 0.6) is 0 Å². The molecule has 1 aliphatic heterocycles. The second-order valence-electron chi connectivity index (χ2n) is 6.41. The van der Waals surface area contributed by atoms with Gasteiger partial charge in [-0.05, 0) is 50.7 Å². The van der Waals surface area contributed by atoms with E-state index in [0.29, 0.717) is 24.2 Å². The molecular weight excluding hydrogens is 316 g/mol. The zero-order valence-electron chi connectivity index (χ0n) is 15.3. The number of carbonyl (C=O) groups excluding carboxylic acids is 2. The molecule has 0 aliphatic carbocycles. The number of nitrogens with zero attached hydrogens (tertiary/aromatic N) is 1. The van der Waals surface area contributed by atoms with Crippen molar-refractivity contribution in [1.82, 2.24) is 15.5 Å². The van der Waals surface area contributed by atoms with Gasteiger partial charge in [-0.25, -0.2) is 0 Å². The Bertz CT molecular complexity index is 566. The number of hydrogen-bond acceptors (Lipinski definition) is 4. The maximum absolute atomic E-state index is 12.3. The molecule has 0 spiro atoms. The summed E-state index contributed by atoms with van der Waals surface area (Å²) in [7, 11) is 0. The van der Waals surface area contributed by atoms with Crippen LogP contribution in [0.2, 0.25) is 0 Å². The molecule has 0 radical (unpaired) electrons. The summed E-state index contributed by atoms with van der Waals surface area (Å²) in [5.41, 5.74) is 1.23. The number of anilines is 1. The van der Waals surface area contributed by atoms with Crippen molar-refractivity contribution in [3.05, 3.63) is 29.8 Å². The fraction of sp³-hybridized carbons (Fsp3) is 0.579. The van der Waals surface area contributed by atoms with E-state index in [-0.39, 0.29) is 17.9 Å². The quantitative estimate of drug-likeness (QED) is 0.638. The molecule has 1 aromatic rings. The summed E-state index contributed by atoms with van der Waals surface area (Å²) >= 11 is 0. The van der Waals surface area contributed by atoms with E-state index in [0.717, 1.165) is 39.0 Å². The Kier molecular flexibility index (Phi) is 7.88. The fourth-order valence-corrected chi connectivity index (χ4v) is 3.07. The largest absolute Gasteiger partial charge is 0.351 e. The molecule has 2 rings (SSSR count). The van der Waals surface area contributed by atoms with Gasteiger partial charge in [0.1, 0.15) is 0 Å². The van der Waals surface area contributed by atoms with E-state index < -0.39 is 0 Å². The highest BCUT2D eigenvalue weighted by molar-refractivity contribution is 5.97. The summed E-state index contributed by atoms with van der Waals surface area (Å²) in [6, 6.07) is 7.37. The first-order chi connectivity index (χ1) is 12.1. The van der Waals surface area contributed by atoms with Crippen molar-refractivity contribution in [2.24, 2.45) is 0 Å². The highest BCUT2D eigenvalue weighted by Gasteiger charge is 2.17. The highest BCUT2D eigenvalue weighted by atomic mass is 16.2. The maximum Gasteiger partial charge on any atom is 0.251 e. The van der Waals surface area contributed by atoms with Crippen molar-refractivity contribution >= 4 is 17.5 Å². The molecule has 0 aromatic heterocycles. The molecule has 6 heteroatoms. The van der Waals surface area contributed by atoms with Gasteiger partial charge in [0.25, 0.3) is 5.91 Å². The number of rotatable bonds is 9. The zero-order valence-corrected chi connectivity index (χ0v) is 15.3. The number of carbonyl (C=O) groups is 2. The lowest BCUT2D eigenvalue weighted by Crippen LogP contribution is -2.34. The Labute approximate surface area is 150 Å². The Hall–Kier alpha value is -1.92. The number of nitrogens with one attached hydrogen (secondary N) is 3. The van der Waals surface area contributed by atoms with Crippen LogP contribution in [0, 0.1) is 0 Å². The van der Waals surface area contributed by atoms with Crippen LogP contribution in [0.4, 0.5) is 5.69 Å². The third-order valence-corrected chi connectivity index (χ3v) is 4.61. The van der Waals surface area contributed by atoms with Crippen molar-refractivity contribution in [2.45, 2.75) is 39.2 Å². The monoisotopic (exact) mass is 346 g/mol. The number of benzene rings is 1. The molecule has 1 fully saturated rings. The first-order valence-electron chi connectivity index (χ1n) is 9.26. The first kappa shape index (κ1) is 19.4. The molecule has 1 aromatic carbocycles. The van der Waals surface area contributed by atoms with Gasteiger partial charge in [-0.2, -0.15) is 0 Å². The highest BCUT2D eigenvalue weighted by Crippen LogP contribution is 2.13. The Morgan fingerprint density at radius 1 is 1.28 bits per heavy atom. The van der Waals surface area contributed by atoms with Crippen LogP contribution in [0.25, 0.3) is 0 Å². The third kappa shape index (κ3) is 6.48. The van der Waals surface area contributed by atoms with Crippen LogP contribution >= 0.6 is 0 Å². The van der Waals surface area contributed by atoms with Gasteiger partial charge in [0.05, 0.1) is 0 Å². The van der Waals surface area contributed by atoms with Crippen LogP contribution in [-0.2, 0) is 4.79 Å². The standard InChI is InChI=1S/C19H30N4O2/c1-3-23(4-2)12-11-21-19(25)15-7-5-8-17(13-15)22-18(24)14-16-9-6-10-20-16/h5,7-8,13,16,20H,3-4,6,9-12,14H2,1-2H3,(H,21,25)(H,22,24). The van der Waals surface area contributed by atoms with E-state index in [1.54, 1.807) is 18.2 Å². The van der Waals surface area contributed by atoms with Crippen molar-refractivity contribution < 1.29 is 9.59 Å².